The van der Waals surface area contributed by atoms with Crippen molar-refractivity contribution < 1.29 is 9.84 Å². The van der Waals surface area contributed by atoms with Crippen LogP contribution in [-0.2, 0) is 4.74 Å². The number of hydrogen-bond acceptors (Lipinski definition) is 2. The normalized spacial score (nSPS) is 43.3. The van der Waals surface area contributed by atoms with Gasteiger partial charge in [0.25, 0.3) is 0 Å². The molecule has 2 rings (SSSR count). The zero-order valence-electron chi connectivity index (χ0n) is 14.6. The summed E-state index contributed by atoms with van der Waals surface area (Å²) < 4.78 is 6.25. The Bertz CT molecular complexity index is 458. The summed E-state index contributed by atoms with van der Waals surface area (Å²) in [5.41, 5.74) is 0.226. The molecule has 0 aromatic carbocycles. The lowest BCUT2D eigenvalue weighted by Gasteiger charge is -2.23. The van der Waals surface area contributed by atoms with Gasteiger partial charge in [-0.1, -0.05) is 44.7 Å². The highest BCUT2D eigenvalue weighted by molar-refractivity contribution is 5.14. The van der Waals surface area contributed by atoms with Crippen LogP contribution in [0.15, 0.2) is 36.5 Å². The van der Waals surface area contributed by atoms with Gasteiger partial charge in [-0.3, -0.25) is 0 Å². The predicted octanol–water partition coefficient (Wildman–Crippen LogP) is 4.80. The summed E-state index contributed by atoms with van der Waals surface area (Å²) in [5, 5.41) is 10.5. The highest BCUT2D eigenvalue weighted by atomic mass is 16.5. The van der Waals surface area contributed by atoms with Crippen LogP contribution in [0.3, 0.4) is 0 Å². The molecule has 0 spiro atoms. The van der Waals surface area contributed by atoms with Gasteiger partial charge in [0.2, 0.25) is 0 Å². The van der Waals surface area contributed by atoms with E-state index in [1.807, 2.05) is 13.0 Å². The monoisotopic (exact) mass is 304 g/mol. The smallest absolute Gasteiger partial charge is 0.0843 e. The van der Waals surface area contributed by atoms with Gasteiger partial charge in [-0.15, -0.1) is 0 Å². The maximum atomic E-state index is 10.5. The van der Waals surface area contributed by atoms with Gasteiger partial charge in [-0.2, -0.15) is 0 Å². The Morgan fingerprint density at radius 2 is 2.00 bits per heavy atom. The average molecular weight is 304 g/mol. The number of allylic oxidation sites excluding steroid dienone is 1. The van der Waals surface area contributed by atoms with Crippen molar-refractivity contribution in [1.29, 1.82) is 0 Å². The van der Waals surface area contributed by atoms with Crippen LogP contribution >= 0.6 is 0 Å². The Hall–Kier alpha value is -0.860. The van der Waals surface area contributed by atoms with Gasteiger partial charge in [0, 0.05) is 0 Å². The van der Waals surface area contributed by atoms with E-state index in [-0.39, 0.29) is 11.7 Å². The molecule has 0 saturated carbocycles. The Morgan fingerprint density at radius 3 is 2.68 bits per heavy atom. The van der Waals surface area contributed by atoms with Gasteiger partial charge in [0.15, 0.2) is 0 Å². The molecule has 2 heterocycles. The van der Waals surface area contributed by atoms with E-state index in [4.69, 9.17) is 4.74 Å². The van der Waals surface area contributed by atoms with Crippen LogP contribution in [0.1, 0.15) is 59.8 Å². The molecule has 124 valence electrons. The van der Waals surface area contributed by atoms with Gasteiger partial charge < -0.3 is 9.84 Å². The first-order valence-electron chi connectivity index (χ1n) is 8.66. The van der Waals surface area contributed by atoms with Gasteiger partial charge in [-0.05, 0) is 63.4 Å². The fourth-order valence-corrected chi connectivity index (χ4v) is 3.38. The maximum Gasteiger partial charge on any atom is 0.0843 e. The van der Waals surface area contributed by atoms with Crippen LogP contribution in [0.5, 0.6) is 0 Å². The molecule has 2 aliphatic heterocycles. The molecular formula is C20H32O2. The molecule has 0 amide bonds. The molecule has 22 heavy (non-hydrogen) atoms. The van der Waals surface area contributed by atoms with Gasteiger partial charge in [-0.25, -0.2) is 0 Å². The molecule has 2 bridgehead atoms. The van der Waals surface area contributed by atoms with E-state index in [2.05, 4.69) is 45.6 Å². The van der Waals surface area contributed by atoms with Crippen LogP contribution in [0.25, 0.3) is 0 Å². The van der Waals surface area contributed by atoms with Crippen molar-refractivity contribution in [3.05, 3.63) is 36.5 Å². The number of ether oxygens (including phenoxy) is 1. The molecule has 0 aromatic rings. The molecule has 0 unspecified atom stereocenters. The van der Waals surface area contributed by atoms with E-state index in [1.165, 1.54) is 5.57 Å². The Balaban J connectivity index is 2.22. The minimum absolute atomic E-state index is 0.188. The molecule has 2 aliphatic rings. The summed E-state index contributed by atoms with van der Waals surface area (Å²) in [6, 6.07) is 0. The molecule has 0 radical (unpaired) electrons. The quantitative estimate of drug-likeness (QED) is 0.705. The third-order valence-electron chi connectivity index (χ3n) is 5.13. The van der Waals surface area contributed by atoms with Gasteiger partial charge in [0.1, 0.15) is 0 Å². The lowest BCUT2D eigenvalue weighted by atomic mass is 9.86. The van der Waals surface area contributed by atoms with Crippen molar-refractivity contribution in [2.45, 2.75) is 77.1 Å². The first-order chi connectivity index (χ1) is 10.2. The number of aliphatic hydroxyl groups is 1. The van der Waals surface area contributed by atoms with Crippen LogP contribution in [-0.4, -0.2) is 22.4 Å². The van der Waals surface area contributed by atoms with E-state index in [1.54, 1.807) is 0 Å². The Labute approximate surface area is 136 Å². The van der Waals surface area contributed by atoms with Crippen molar-refractivity contribution >= 4 is 0 Å². The van der Waals surface area contributed by atoms with E-state index in [0.29, 0.717) is 18.3 Å². The van der Waals surface area contributed by atoms with Crippen molar-refractivity contribution in [3.63, 3.8) is 0 Å². The van der Waals surface area contributed by atoms with Crippen molar-refractivity contribution in [2.24, 2.45) is 11.8 Å². The fourth-order valence-electron chi connectivity index (χ4n) is 3.38. The van der Waals surface area contributed by atoms with E-state index in [9.17, 15) is 5.11 Å². The summed E-state index contributed by atoms with van der Waals surface area (Å²) in [5.74, 6) is 1.04. The Kier molecular flexibility index (Phi) is 5.34. The van der Waals surface area contributed by atoms with E-state index >= 15 is 0 Å². The minimum Gasteiger partial charge on any atom is -0.386 e. The second kappa shape index (κ2) is 6.72. The summed E-state index contributed by atoms with van der Waals surface area (Å²) in [6.45, 7) is 12.8. The summed E-state index contributed by atoms with van der Waals surface area (Å²) in [6.07, 6.45) is 13.3. The topological polar surface area (TPSA) is 29.5 Å². The summed E-state index contributed by atoms with van der Waals surface area (Å²) in [7, 11) is 0. The molecule has 2 heteroatoms. The lowest BCUT2D eigenvalue weighted by Crippen LogP contribution is -2.24. The third kappa shape index (κ3) is 4.57. The summed E-state index contributed by atoms with van der Waals surface area (Å²) >= 11 is 0. The maximum absolute atomic E-state index is 10.5. The highest BCUT2D eigenvalue weighted by Crippen LogP contribution is 2.37. The second-order valence-electron chi connectivity index (χ2n) is 7.89. The zero-order valence-corrected chi connectivity index (χ0v) is 14.6. The summed E-state index contributed by atoms with van der Waals surface area (Å²) in [4.78, 5) is 0. The first-order valence-corrected chi connectivity index (χ1v) is 8.66. The number of fused-ring (bicyclic) bond motifs is 2. The molecule has 1 N–H and O–H groups in total. The molecule has 1 saturated heterocycles. The van der Waals surface area contributed by atoms with Crippen LogP contribution in [0.2, 0.25) is 0 Å². The molecule has 4 atom stereocenters. The molecule has 1 fully saturated rings. The van der Waals surface area contributed by atoms with Crippen molar-refractivity contribution in [2.75, 3.05) is 0 Å². The molecule has 0 aromatic heterocycles. The minimum atomic E-state index is -0.789. The lowest BCUT2D eigenvalue weighted by molar-refractivity contribution is 0.0200. The third-order valence-corrected chi connectivity index (χ3v) is 5.13. The zero-order chi connectivity index (χ0) is 16.4. The standard InChI is InChI=1S/C20H32O2/c1-15(2)17-8-7-16(3)18-10-14-20(5,22-18)12-6-11-19(4,21)13-9-17/h6,9,12-13,15,17-18,21H,3,7-8,10-11,14H2,1-2,4-5H3/b12-6-,13-9+/t17-,18-,19-,20-/m1/s1. The molecular weight excluding hydrogens is 272 g/mol. The number of rotatable bonds is 1. The van der Waals surface area contributed by atoms with E-state index in [0.717, 1.165) is 25.7 Å². The SMILES string of the molecule is C=C1CC[C@@H](C(C)C)/C=C/[C@](C)(O)C/C=C\[C@]2(C)CC[C@H]1O2. The van der Waals surface area contributed by atoms with E-state index < -0.39 is 5.60 Å². The average Bonchev–Trinajstić information content (AvgIpc) is 2.79. The van der Waals surface area contributed by atoms with Crippen molar-refractivity contribution in [1.82, 2.24) is 0 Å². The predicted molar refractivity (Wildman–Crippen MR) is 92.7 cm³/mol. The van der Waals surface area contributed by atoms with Crippen LogP contribution in [0.4, 0.5) is 0 Å². The Morgan fingerprint density at radius 1 is 1.27 bits per heavy atom. The largest absolute Gasteiger partial charge is 0.386 e. The molecule has 0 aliphatic carbocycles. The molecule has 2 nitrogen and oxygen atoms in total. The van der Waals surface area contributed by atoms with Gasteiger partial charge >= 0.3 is 0 Å². The highest BCUT2D eigenvalue weighted by Gasteiger charge is 2.35. The van der Waals surface area contributed by atoms with Crippen LogP contribution in [0, 0.1) is 11.8 Å². The fraction of sp³-hybridized carbons (Fsp3) is 0.700. The van der Waals surface area contributed by atoms with Crippen LogP contribution < -0.4 is 0 Å². The second-order valence-corrected chi connectivity index (χ2v) is 7.89. The van der Waals surface area contributed by atoms with Crippen molar-refractivity contribution in [3.8, 4) is 0 Å². The van der Waals surface area contributed by atoms with Gasteiger partial charge in [0.05, 0.1) is 17.3 Å². The number of hydrogen-bond donors (Lipinski definition) is 1. The first kappa shape index (κ1) is 17.5.